The van der Waals surface area contributed by atoms with Crippen molar-refractivity contribution in [2.75, 3.05) is 5.32 Å². The second kappa shape index (κ2) is 4.79. The maximum atomic E-state index is 4.30. The average molecular weight is 236 g/mol. The highest BCUT2D eigenvalue weighted by atomic mass is 14.9. The van der Waals surface area contributed by atoms with Gasteiger partial charge in [-0.15, -0.1) is 0 Å². The molecule has 0 unspecified atom stereocenters. The van der Waals surface area contributed by atoms with Crippen LogP contribution in [-0.2, 0) is 6.54 Å². The molecule has 1 N–H and O–H groups in total. The smallest absolute Gasteiger partial charge is 0.115 e. The minimum absolute atomic E-state index is 0.748. The van der Waals surface area contributed by atoms with E-state index >= 15 is 0 Å². The summed E-state index contributed by atoms with van der Waals surface area (Å²) in [6.07, 6.45) is 6.85. The summed E-state index contributed by atoms with van der Waals surface area (Å²) in [5.74, 6) is 0. The van der Waals surface area contributed by atoms with Crippen LogP contribution in [0.4, 0.5) is 5.69 Å². The van der Waals surface area contributed by atoms with Gasteiger partial charge in [0.15, 0.2) is 0 Å². The largest absolute Gasteiger partial charge is 0.378 e. The zero-order valence-electron chi connectivity index (χ0n) is 9.74. The first-order chi connectivity index (χ1) is 8.92. The highest BCUT2D eigenvalue weighted by molar-refractivity contribution is 5.78. The van der Waals surface area contributed by atoms with Crippen molar-refractivity contribution in [2.45, 2.75) is 6.54 Å². The second-order valence-corrected chi connectivity index (χ2v) is 4.01. The summed E-state index contributed by atoms with van der Waals surface area (Å²) in [6.45, 7) is 0.748. The van der Waals surface area contributed by atoms with Crippen LogP contribution >= 0.6 is 0 Å². The number of pyridine rings is 1. The molecule has 0 aliphatic heterocycles. The van der Waals surface area contributed by atoms with Gasteiger partial charge in [0.2, 0.25) is 0 Å². The molecule has 4 heteroatoms. The molecular formula is C14H12N4. The van der Waals surface area contributed by atoms with Crippen molar-refractivity contribution in [3.8, 4) is 0 Å². The number of nitrogens with one attached hydrogen (secondary N) is 1. The van der Waals surface area contributed by atoms with Crippen LogP contribution in [0.2, 0.25) is 0 Å². The number of nitrogens with zero attached hydrogens (tertiary/aromatic N) is 3. The number of anilines is 1. The first-order valence-electron chi connectivity index (χ1n) is 5.74. The van der Waals surface area contributed by atoms with E-state index in [4.69, 9.17) is 0 Å². The van der Waals surface area contributed by atoms with Gasteiger partial charge in [-0.3, -0.25) is 4.98 Å². The van der Waals surface area contributed by atoms with Crippen LogP contribution < -0.4 is 5.32 Å². The van der Waals surface area contributed by atoms with Crippen molar-refractivity contribution < 1.29 is 0 Å². The van der Waals surface area contributed by atoms with E-state index in [1.54, 1.807) is 12.4 Å². The van der Waals surface area contributed by atoms with E-state index in [0.29, 0.717) is 0 Å². The van der Waals surface area contributed by atoms with Crippen molar-refractivity contribution in [1.82, 2.24) is 15.0 Å². The predicted molar refractivity (Wildman–Crippen MR) is 71.1 cm³/mol. The van der Waals surface area contributed by atoms with Gasteiger partial charge < -0.3 is 5.32 Å². The zero-order chi connectivity index (χ0) is 12.2. The molecule has 88 valence electrons. The van der Waals surface area contributed by atoms with E-state index in [-0.39, 0.29) is 0 Å². The monoisotopic (exact) mass is 236 g/mol. The summed E-state index contributed by atoms with van der Waals surface area (Å²) in [7, 11) is 0. The molecule has 18 heavy (non-hydrogen) atoms. The number of benzene rings is 1. The average Bonchev–Trinajstić information content (AvgIpc) is 2.46. The van der Waals surface area contributed by atoms with Crippen LogP contribution in [0.15, 0.2) is 55.2 Å². The van der Waals surface area contributed by atoms with Gasteiger partial charge in [0, 0.05) is 18.1 Å². The molecule has 0 aliphatic rings. The third-order valence-corrected chi connectivity index (χ3v) is 2.72. The lowest BCUT2D eigenvalue weighted by atomic mass is 10.1. The Balaban J connectivity index is 1.79. The van der Waals surface area contributed by atoms with E-state index in [1.165, 1.54) is 11.9 Å². The fourth-order valence-corrected chi connectivity index (χ4v) is 1.83. The SMILES string of the molecule is c1cnc2ccc(CNc3cncnc3)cc2c1. The van der Waals surface area contributed by atoms with Crippen molar-refractivity contribution in [2.24, 2.45) is 0 Å². The molecule has 0 saturated heterocycles. The highest BCUT2D eigenvalue weighted by Gasteiger charge is 1.97. The van der Waals surface area contributed by atoms with E-state index in [0.717, 1.165) is 23.1 Å². The first-order valence-corrected chi connectivity index (χ1v) is 5.74. The Hall–Kier alpha value is -2.49. The Morgan fingerprint density at radius 3 is 2.83 bits per heavy atom. The molecule has 3 rings (SSSR count). The normalized spacial score (nSPS) is 10.4. The van der Waals surface area contributed by atoms with Crippen molar-refractivity contribution in [3.05, 3.63) is 60.8 Å². The number of rotatable bonds is 3. The van der Waals surface area contributed by atoms with E-state index in [1.807, 2.05) is 18.3 Å². The lowest BCUT2D eigenvalue weighted by Gasteiger charge is -2.06. The maximum Gasteiger partial charge on any atom is 0.115 e. The Morgan fingerprint density at radius 2 is 1.94 bits per heavy atom. The summed E-state index contributed by atoms with van der Waals surface area (Å²) >= 11 is 0. The molecule has 2 heterocycles. The van der Waals surface area contributed by atoms with Gasteiger partial charge in [0.25, 0.3) is 0 Å². The van der Waals surface area contributed by atoms with E-state index < -0.39 is 0 Å². The second-order valence-electron chi connectivity index (χ2n) is 4.01. The summed E-state index contributed by atoms with van der Waals surface area (Å²) in [5.41, 5.74) is 3.15. The molecule has 0 bridgehead atoms. The van der Waals surface area contributed by atoms with E-state index in [2.05, 4.69) is 38.5 Å². The van der Waals surface area contributed by atoms with Gasteiger partial charge in [-0.1, -0.05) is 12.1 Å². The third-order valence-electron chi connectivity index (χ3n) is 2.72. The minimum atomic E-state index is 0.748. The molecule has 2 aromatic heterocycles. The highest BCUT2D eigenvalue weighted by Crippen LogP contribution is 2.14. The Bertz CT molecular complexity index is 652. The molecule has 0 radical (unpaired) electrons. The van der Waals surface area contributed by atoms with Crippen molar-refractivity contribution in [3.63, 3.8) is 0 Å². The molecule has 0 amide bonds. The Kier molecular flexibility index (Phi) is 2.84. The standard InChI is InChI=1S/C14H12N4/c1-2-12-6-11(3-4-14(12)17-5-1)7-18-13-8-15-10-16-9-13/h1-6,8-10,18H,7H2. The van der Waals surface area contributed by atoms with Crippen LogP contribution in [0.25, 0.3) is 10.9 Å². The van der Waals surface area contributed by atoms with Crippen molar-refractivity contribution >= 4 is 16.6 Å². The molecule has 4 nitrogen and oxygen atoms in total. The van der Waals surface area contributed by atoms with Gasteiger partial charge in [0.05, 0.1) is 23.6 Å². The quantitative estimate of drug-likeness (QED) is 0.759. The summed E-state index contributed by atoms with van der Waals surface area (Å²) in [6, 6.07) is 10.3. The molecule has 0 fully saturated rings. The molecule has 3 aromatic rings. The van der Waals surface area contributed by atoms with Crippen LogP contribution in [-0.4, -0.2) is 15.0 Å². The third kappa shape index (κ3) is 2.27. The molecule has 0 spiro atoms. The predicted octanol–water partition coefficient (Wildman–Crippen LogP) is 2.64. The fraction of sp³-hybridized carbons (Fsp3) is 0.0714. The van der Waals surface area contributed by atoms with E-state index in [9.17, 15) is 0 Å². The van der Waals surface area contributed by atoms with Gasteiger partial charge in [-0.25, -0.2) is 9.97 Å². The lowest BCUT2D eigenvalue weighted by molar-refractivity contribution is 1.10. The molecular weight excluding hydrogens is 224 g/mol. The molecule has 0 atom stereocenters. The Morgan fingerprint density at radius 1 is 1.06 bits per heavy atom. The minimum Gasteiger partial charge on any atom is -0.378 e. The molecule has 0 saturated carbocycles. The van der Waals surface area contributed by atoms with Crippen LogP contribution in [0, 0.1) is 0 Å². The lowest BCUT2D eigenvalue weighted by Crippen LogP contribution is -2.00. The van der Waals surface area contributed by atoms with Gasteiger partial charge in [-0.2, -0.15) is 0 Å². The number of hydrogen-bond donors (Lipinski definition) is 1. The van der Waals surface area contributed by atoms with Gasteiger partial charge in [0.1, 0.15) is 6.33 Å². The van der Waals surface area contributed by atoms with Crippen molar-refractivity contribution in [1.29, 1.82) is 0 Å². The maximum absolute atomic E-state index is 4.30. The first kappa shape index (κ1) is 10.7. The zero-order valence-corrected chi connectivity index (χ0v) is 9.74. The number of aromatic nitrogens is 3. The Labute approximate surface area is 105 Å². The van der Waals surface area contributed by atoms with Gasteiger partial charge in [-0.05, 0) is 23.8 Å². The summed E-state index contributed by atoms with van der Waals surface area (Å²) in [5, 5.41) is 4.43. The molecule has 1 aromatic carbocycles. The van der Waals surface area contributed by atoms with Gasteiger partial charge >= 0.3 is 0 Å². The topological polar surface area (TPSA) is 50.7 Å². The fourth-order valence-electron chi connectivity index (χ4n) is 1.83. The van der Waals surface area contributed by atoms with Crippen LogP contribution in [0.1, 0.15) is 5.56 Å². The van der Waals surface area contributed by atoms with Crippen LogP contribution in [0.5, 0.6) is 0 Å². The molecule has 0 aliphatic carbocycles. The summed E-state index contributed by atoms with van der Waals surface area (Å²) < 4.78 is 0. The summed E-state index contributed by atoms with van der Waals surface area (Å²) in [4.78, 5) is 12.2. The number of hydrogen-bond acceptors (Lipinski definition) is 4. The number of fused-ring (bicyclic) bond motifs is 1. The van der Waals surface area contributed by atoms with Crippen LogP contribution in [0.3, 0.4) is 0 Å².